The first-order valence-electron chi connectivity index (χ1n) is 8.79. The Bertz CT molecular complexity index is 635. The molecule has 3 rings (SSSR count). The van der Waals surface area contributed by atoms with E-state index in [0.717, 1.165) is 0 Å². The summed E-state index contributed by atoms with van der Waals surface area (Å²) in [5.41, 5.74) is 4.50. The van der Waals surface area contributed by atoms with E-state index < -0.39 is 0 Å². The molecular weight excluding hydrogens is 277 g/mol. The quantitative estimate of drug-likeness (QED) is 0.730. The van der Waals surface area contributed by atoms with Crippen LogP contribution in [0.2, 0.25) is 0 Å². The van der Waals surface area contributed by atoms with Crippen molar-refractivity contribution in [3.8, 4) is 0 Å². The molecule has 0 atom stereocenters. The van der Waals surface area contributed by atoms with Gasteiger partial charge in [0.05, 0.1) is 0 Å². The summed E-state index contributed by atoms with van der Waals surface area (Å²) in [7, 11) is 4.58. The average Bonchev–Trinajstić information content (AvgIpc) is 2.58. The number of hydrogen-bond acceptors (Lipinski definition) is 1. The fraction of sp³-hybridized carbons (Fsp3) is 0.429. The summed E-state index contributed by atoms with van der Waals surface area (Å²) < 4.78 is 0. The van der Waals surface area contributed by atoms with Crippen LogP contribution in [0.4, 0.5) is 11.4 Å². The van der Waals surface area contributed by atoms with Gasteiger partial charge in [0.15, 0.2) is 0 Å². The SMILES string of the molecule is BC1(c2ccc(N(C)c3ccccc3)cc2)CCC(C)(C)CC1. The van der Waals surface area contributed by atoms with E-state index in [1.165, 1.54) is 42.6 Å². The number of benzene rings is 2. The van der Waals surface area contributed by atoms with Crippen molar-refractivity contribution >= 4 is 19.2 Å². The zero-order chi connectivity index (χ0) is 16.5. The molecule has 0 spiro atoms. The Morgan fingerprint density at radius 1 is 0.783 bits per heavy atom. The number of hydrogen-bond donors (Lipinski definition) is 0. The van der Waals surface area contributed by atoms with Crippen molar-refractivity contribution in [1.82, 2.24) is 0 Å². The zero-order valence-electron chi connectivity index (χ0n) is 15.0. The first kappa shape index (κ1) is 16.2. The van der Waals surface area contributed by atoms with E-state index in [2.05, 4.69) is 88.2 Å². The number of rotatable bonds is 3. The summed E-state index contributed by atoms with van der Waals surface area (Å²) in [6.45, 7) is 4.81. The van der Waals surface area contributed by atoms with Gasteiger partial charge < -0.3 is 4.90 Å². The van der Waals surface area contributed by atoms with Crippen LogP contribution in [0.15, 0.2) is 54.6 Å². The molecule has 0 bridgehead atoms. The molecule has 1 nitrogen and oxygen atoms in total. The van der Waals surface area contributed by atoms with E-state index >= 15 is 0 Å². The van der Waals surface area contributed by atoms with E-state index in [9.17, 15) is 0 Å². The van der Waals surface area contributed by atoms with Gasteiger partial charge in [0.1, 0.15) is 7.85 Å². The predicted octanol–water partition coefficient (Wildman–Crippen LogP) is 4.88. The lowest BCUT2D eigenvalue weighted by Gasteiger charge is -2.42. The van der Waals surface area contributed by atoms with Crippen molar-refractivity contribution < 1.29 is 0 Å². The van der Waals surface area contributed by atoms with Crippen LogP contribution < -0.4 is 4.90 Å². The lowest BCUT2D eigenvalue weighted by Crippen LogP contribution is -2.35. The molecule has 1 saturated carbocycles. The molecule has 1 aliphatic rings. The molecule has 2 aromatic carbocycles. The molecule has 0 N–H and O–H groups in total. The van der Waals surface area contributed by atoms with Gasteiger partial charge in [0.25, 0.3) is 0 Å². The molecule has 0 heterocycles. The Balaban J connectivity index is 1.77. The molecule has 2 aromatic rings. The second kappa shape index (κ2) is 6.07. The Morgan fingerprint density at radius 3 is 1.87 bits per heavy atom. The minimum Gasteiger partial charge on any atom is -0.345 e. The molecule has 0 aliphatic heterocycles. The topological polar surface area (TPSA) is 3.24 Å². The maximum atomic E-state index is 2.44. The van der Waals surface area contributed by atoms with Crippen LogP contribution in [0.5, 0.6) is 0 Å². The number of para-hydroxylation sites is 1. The third kappa shape index (κ3) is 3.47. The molecule has 0 unspecified atom stereocenters. The predicted molar refractivity (Wildman–Crippen MR) is 103 cm³/mol. The fourth-order valence-electron chi connectivity index (χ4n) is 3.66. The normalized spacial score (nSPS) is 19.3. The summed E-state index contributed by atoms with van der Waals surface area (Å²) in [6.07, 6.45) is 5.26. The summed E-state index contributed by atoms with van der Waals surface area (Å²) in [5.74, 6) is 0. The van der Waals surface area contributed by atoms with Gasteiger partial charge in [-0.25, -0.2) is 0 Å². The van der Waals surface area contributed by atoms with Crippen molar-refractivity contribution in [3.05, 3.63) is 60.2 Å². The lowest BCUT2D eigenvalue weighted by atomic mass is 9.53. The molecule has 2 heteroatoms. The van der Waals surface area contributed by atoms with E-state index in [0.29, 0.717) is 10.7 Å². The van der Waals surface area contributed by atoms with Crippen LogP contribution in [0, 0.1) is 5.41 Å². The zero-order valence-corrected chi connectivity index (χ0v) is 15.0. The van der Waals surface area contributed by atoms with Crippen LogP contribution in [-0.2, 0) is 5.31 Å². The molecule has 0 saturated heterocycles. The minimum absolute atomic E-state index is 0.347. The standard InChI is InChI=1S/C21H28BN/c1-20(2)13-15-21(22,16-14-20)17-9-11-19(12-10-17)23(3)18-7-5-4-6-8-18/h4-12H,13-16,22H2,1-3H3. The monoisotopic (exact) mass is 305 g/mol. The van der Waals surface area contributed by atoms with Gasteiger partial charge >= 0.3 is 0 Å². The molecule has 23 heavy (non-hydrogen) atoms. The molecule has 0 radical (unpaired) electrons. The molecule has 0 amide bonds. The van der Waals surface area contributed by atoms with Crippen LogP contribution in [-0.4, -0.2) is 14.9 Å². The Hall–Kier alpha value is -1.70. The van der Waals surface area contributed by atoms with Gasteiger partial charge in [-0.3, -0.25) is 0 Å². The maximum absolute atomic E-state index is 2.44. The highest BCUT2D eigenvalue weighted by Gasteiger charge is 2.35. The van der Waals surface area contributed by atoms with E-state index in [-0.39, 0.29) is 0 Å². The largest absolute Gasteiger partial charge is 0.345 e. The van der Waals surface area contributed by atoms with Gasteiger partial charge in [-0.05, 0) is 53.4 Å². The van der Waals surface area contributed by atoms with Crippen molar-refractivity contribution in [1.29, 1.82) is 0 Å². The summed E-state index contributed by atoms with van der Waals surface area (Å²) >= 11 is 0. The van der Waals surface area contributed by atoms with Crippen LogP contribution in [0.3, 0.4) is 0 Å². The molecule has 120 valence electrons. The smallest absolute Gasteiger partial charge is 0.115 e. The second-order valence-electron chi connectivity index (χ2n) is 8.17. The minimum atomic E-state index is 0.347. The highest BCUT2D eigenvalue weighted by molar-refractivity contribution is 6.16. The average molecular weight is 305 g/mol. The third-order valence-corrected chi connectivity index (χ3v) is 5.80. The summed E-state index contributed by atoms with van der Waals surface area (Å²) in [6, 6.07) is 19.8. The van der Waals surface area contributed by atoms with Crippen LogP contribution >= 0.6 is 0 Å². The van der Waals surface area contributed by atoms with Crippen molar-refractivity contribution in [3.63, 3.8) is 0 Å². The van der Waals surface area contributed by atoms with E-state index in [1.54, 1.807) is 0 Å². The summed E-state index contributed by atoms with van der Waals surface area (Å²) in [4.78, 5) is 2.25. The highest BCUT2D eigenvalue weighted by atomic mass is 15.1. The van der Waals surface area contributed by atoms with Gasteiger partial charge in [-0.15, -0.1) is 0 Å². The molecular formula is C21H28BN. The molecule has 1 fully saturated rings. The van der Waals surface area contributed by atoms with Crippen LogP contribution in [0.1, 0.15) is 45.1 Å². The van der Waals surface area contributed by atoms with Gasteiger partial charge in [0, 0.05) is 18.4 Å². The third-order valence-electron chi connectivity index (χ3n) is 5.80. The summed E-state index contributed by atoms with van der Waals surface area (Å²) in [5, 5.41) is 0.347. The Labute approximate surface area is 142 Å². The van der Waals surface area contributed by atoms with Gasteiger partial charge in [-0.1, -0.05) is 57.0 Å². The van der Waals surface area contributed by atoms with Crippen molar-refractivity contribution in [2.24, 2.45) is 5.41 Å². The lowest BCUT2D eigenvalue weighted by molar-refractivity contribution is 0.206. The van der Waals surface area contributed by atoms with Crippen LogP contribution in [0.25, 0.3) is 0 Å². The molecule has 0 aromatic heterocycles. The number of nitrogens with zero attached hydrogens (tertiary/aromatic N) is 1. The van der Waals surface area contributed by atoms with Gasteiger partial charge in [-0.2, -0.15) is 0 Å². The fourth-order valence-corrected chi connectivity index (χ4v) is 3.66. The first-order chi connectivity index (χ1) is 10.9. The highest BCUT2D eigenvalue weighted by Crippen LogP contribution is 2.45. The van der Waals surface area contributed by atoms with E-state index in [4.69, 9.17) is 0 Å². The number of anilines is 2. The Morgan fingerprint density at radius 2 is 1.30 bits per heavy atom. The van der Waals surface area contributed by atoms with Crippen molar-refractivity contribution in [2.45, 2.75) is 44.8 Å². The van der Waals surface area contributed by atoms with E-state index in [1.807, 2.05) is 0 Å². The first-order valence-corrected chi connectivity index (χ1v) is 8.79. The Kier molecular flexibility index (Phi) is 4.27. The maximum Gasteiger partial charge on any atom is 0.115 e. The second-order valence-corrected chi connectivity index (χ2v) is 8.17. The van der Waals surface area contributed by atoms with Crippen molar-refractivity contribution in [2.75, 3.05) is 11.9 Å². The molecule has 1 aliphatic carbocycles. The van der Waals surface area contributed by atoms with Gasteiger partial charge in [0.2, 0.25) is 0 Å².